The molecule has 41 heavy (non-hydrogen) atoms. The number of methoxy groups -OCH3 is 1. The Morgan fingerprint density at radius 2 is 1.78 bits per heavy atom. The molecule has 2 unspecified atom stereocenters. The van der Waals surface area contributed by atoms with Crippen molar-refractivity contribution >= 4 is 6.09 Å². The molecular formula is C37H57NO3. The van der Waals surface area contributed by atoms with Crippen molar-refractivity contribution in [3.05, 3.63) is 41.5 Å². The standard InChI is InChI=1S/C37H57NO3/c1-25(2)8-7-9-26(3)32-16-17-33-31-15-12-28-24-30(18-21-36(28,4)34(31)19-22-37(32,33)5)41-35(39)38-23-20-27-10-13-29(40-6)14-11-27/h10-14,25-26,30-34H,7-9,15-24H2,1-6H3,(H,38,39)/t26-,30+,31+,32?,33?,34+,36+,37-/m1/s1. The zero-order chi connectivity index (χ0) is 29.2. The Labute approximate surface area is 250 Å². The van der Waals surface area contributed by atoms with Gasteiger partial charge in [-0.25, -0.2) is 4.79 Å². The summed E-state index contributed by atoms with van der Waals surface area (Å²) in [5, 5.41) is 2.98. The number of carbonyl (C=O) groups excluding carboxylic acids is 1. The fourth-order valence-corrected chi connectivity index (χ4v) is 10.0. The summed E-state index contributed by atoms with van der Waals surface area (Å²) in [4.78, 5) is 12.6. The van der Waals surface area contributed by atoms with E-state index in [9.17, 15) is 4.79 Å². The molecule has 4 aliphatic carbocycles. The van der Waals surface area contributed by atoms with E-state index in [4.69, 9.17) is 9.47 Å². The predicted octanol–water partition coefficient (Wildman–Crippen LogP) is 9.37. The minimum absolute atomic E-state index is 0.00303. The zero-order valence-corrected chi connectivity index (χ0v) is 26.8. The molecule has 4 heteroatoms. The van der Waals surface area contributed by atoms with Gasteiger partial charge < -0.3 is 14.8 Å². The normalized spacial score (nSPS) is 35.1. The molecule has 3 fully saturated rings. The Morgan fingerprint density at radius 1 is 1.00 bits per heavy atom. The molecule has 1 amide bonds. The maximum absolute atomic E-state index is 12.6. The Balaban J connectivity index is 1.14. The van der Waals surface area contributed by atoms with E-state index in [0.717, 1.165) is 66.9 Å². The maximum atomic E-state index is 12.6. The summed E-state index contributed by atoms with van der Waals surface area (Å²) in [6, 6.07) is 8.01. The van der Waals surface area contributed by atoms with Gasteiger partial charge >= 0.3 is 6.09 Å². The van der Waals surface area contributed by atoms with E-state index in [-0.39, 0.29) is 17.6 Å². The van der Waals surface area contributed by atoms with Crippen LogP contribution >= 0.6 is 0 Å². The molecule has 8 atom stereocenters. The fraction of sp³-hybridized carbons (Fsp3) is 0.757. The molecule has 0 bridgehead atoms. The van der Waals surface area contributed by atoms with Crippen LogP contribution < -0.4 is 10.1 Å². The van der Waals surface area contributed by atoms with Gasteiger partial charge in [-0.1, -0.05) is 77.7 Å². The van der Waals surface area contributed by atoms with Crippen LogP contribution in [0.25, 0.3) is 0 Å². The summed E-state index contributed by atoms with van der Waals surface area (Å²) in [5.74, 6) is 5.98. The second-order valence-corrected chi connectivity index (χ2v) is 15.1. The lowest BCUT2D eigenvalue weighted by Gasteiger charge is -2.58. The van der Waals surface area contributed by atoms with Gasteiger partial charge in [0.05, 0.1) is 7.11 Å². The van der Waals surface area contributed by atoms with Gasteiger partial charge in [-0.05, 0) is 115 Å². The topological polar surface area (TPSA) is 47.6 Å². The number of carbonyl (C=O) groups is 1. The monoisotopic (exact) mass is 563 g/mol. The molecule has 0 radical (unpaired) electrons. The van der Waals surface area contributed by atoms with Gasteiger partial charge in [-0.15, -0.1) is 0 Å². The Morgan fingerprint density at radius 3 is 2.51 bits per heavy atom. The molecule has 0 aromatic heterocycles. The maximum Gasteiger partial charge on any atom is 0.407 e. The van der Waals surface area contributed by atoms with Crippen molar-refractivity contribution in [3.8, 4) is 5.75 Å². The van der Waals surface area contributed by atoms with E-state index in [1.807, 2.05) is 24.3 Å². The molecule has 0 heterocycles. The van der Waals surface area contributed by atoms with E-state index in [0.29, 0.717) is 12.0 Å². The van der Waals surface area contributed by atoms with Crippen molar-refractivity contribution in [2.45, 2.75) is 118 Å². The number of ether oxygens (including phenoxy) is 2. The third-order valence-corrected chi connectivity index (χ3v) is 12.4. The van der Waals surface area contributed by atoms with Gasteiger partial charge in [0, 0.05) is 13.0 Å². The summed E-state index contributed by atoms with van der Waals surface area (Å²) >= 11 is 0. The second kappa shape index (κ2) is 12.7. The van der Waals surface area contributed by atoms with E-state index in [1.165, 1.54) is 56.9 Å². The van der Waals surface area contributed by atoms with Crippen LogP contribution in [0, 0.1) is 46.3 Å². The fourth-order valence-electron chi connectivity index (χ4n) is 10.0. The number of fused-ring (bicyclic) bond motifs is 5. The van der Waals surface area contributed by atoms with Crippen LogP contribution in [-0.2, 0) is 11.2 Å². The number of rotatable bonds is 10. The lowest BCUT2D eigenvalue weighted by Crippen LogP contribution is -2.51. The Kier molecular flexibility index (Phi) is 9.46. The van der Waals surface area contributed by atoms with Gasteiger partial charge in [0.15, 0.2) is 0 Å². The van der Waals surface area contributed by atoms with Crippen molar-refractivity contribution in [3.63, 3.8) is 0 Å². The number of hydrogen-bond donors (Lipinski definition) is 1. The summed E-state index contributed by atoms with van der Waals surface area (Å²) in [6.07, 6.45) is 17.3. The Hall–Kier alpha value is -1.97. The molecular weight excluding hydrogens is 506 g/mol. The van der Waals surface area contributed by atoms with Crippen LogP contribution in [0.1, 0.15) is 111 Å². The minimum atomic E-state index is -0.269. The molecule has 1 aromatic carbocycles. The summed E-state index contributed by atoms with van der Waals surface area (Å²) < 4.78 is 11.2. The first-order chi connectivity index (χ1) is 19.6. The first-order valence-electron chi connectivity index (χ1n) is 16.9. The number of alkyl carbamates (subject to hydrolysis) is 1. The van der Waals surface area contributed by atoms with Gasteiger partial charge in [0.25, 0.3) is 0 Å². The largest absolute Gasteiger partial charge is 0.497 e. The third-order valence-electron chi connectivity index (χ3n) is 12.4. The zero-order valence-electron chi connectivity index (χ0n) is 26.8. The van der Waals surface area contributed by atoms with Crippen LogP contribution in [0.5, 0.6) is 5.75 Å². The predicted molar refractivity (Wildman–Crippen MR) is 168 cm³/mol. The highest BCUT2D eigenvalue weighted by Crippen LogP contribution is 2.67. The van der Waals surface area contributed by atoms with Gasteiger partial charge in [0.1, 0.15) is 11.9 Å². The van der Waals surface area contributed by atoms with Crippen molar-refractivity contribution < 1.29 is 14.3 Å². The highest BCUT2D eigenvalue weighted by atomic mass is 16.6. The molecule has 4 aliphatic rings. The van der Waals surface area contributed by atoms with Crippen LogP contribution in [0.2, 0.25) is 0 Å². The lowest BCUT2D eigenvalue weighted by atomic mass is 9.47. The SMILES string of the molecule is COc1ccc(CCNC(=O)O[C@H]2CC[C@@]3(C)C(=CC[C@H]4C5CCC([C@H](C)CCCC(C)C)[C@@]5(C)CC[C@@H]43)C2)cc1. The number of amides is 1. The third kappa shape index (κ3) is 6.37. The first-order valence-corrected chi connectivity index (χ1v) is 16.9. The number of benzene rings is 1. The molecule has 0 aliphatic heterocycles. The molecule has 0 saturated heterocycles. The number of allylic oxidation sites excluding steroid dienone is 1. The molecule has 5 rings (SSSR count). The van der Waals surface area contributed by atoms with Crippen LogP contribution in [-0.4, -0.2) is 25.9 Å². The molecule has 3 saturated carbocycles. The van der Waals surface area contributed by atoms with Crippen molar-refractivity contribution in [1.82, 2.24) is 5.32 Å². The highest BCUT2D eigenvalue weighted by Gasteiger charge is 2.59. The summed E-state index contributed by atoms with van der Waals surface area (Å²) in [7, 11) is 1.67. The summed E-state index contributed by atoms with van der Waals surface area (Å²) in [5.41, 5.74) is 3.58. The highest BCUT2D eigenvalue weighted by molar-refractivity contribution is 5.67. The van der Waals surface area contributed by atoms with Crippen molar-refractivity contribution in [2.24, 2.45) is 46.3 Å². The first kappa shape index (κ1) is 30.5. The van der Waals surface area contributed by atoms with Gasteiger partial charge in [-0.3, -0.25) is 0 Å². The molecule has 4 nitrogen and oxygen atoms in total. The smallest absolute Gasteiger partial charge is 0.407 e. The average molecular weight is 564 g/mol. The van der Waals surface area contributed by atoms with Gasteiger partial charge in [0.2, 0.25) is 0 Å². The van der Waals surface area contributed by atoms with Crippen molar-refractivity contribution in [1.29, 1.82) is 0 Å². The molecule has 228 valence electrons. The number of nitrogens with one attached hydrogen (secondary N) is 1. The minimum Gasteiger partial charge on any atom is -0.497 e. The van der Waals surface area contributed by atoms with E-state index in [1.54, 1.807) is 12.7 Å². The number of hydrogen-bond acceptors (Lipinski definition) is 3. The Bertz CT molecular complexity index is 1060. The van der Waals surface area contributed by atoms with E-state index >= 15 is 0 Å². The van der Waals surface area contributed by atoms with E-state index in [2.05, 4.69) is 46.0 Å². The lowest BCUT2D eigenvalue weighted by molar-refractivity contribution is -0.0581. The second-order valence-electron chi connectivity index (χ2n) is 15.1. The molecule has 1 N–H and O–H groups in total. The van der Waals surface area contributed by atoms with Crippen LogP contribution in [0.3, 0.4) is 0 Å². The van der Waals surface area contributed by atoms with Crippen LogP contribution in [0.4, 0.5) is 4.79 Å². The van der Waals surface area contributed by atoms with E-state index < -0.39 is 0 Å². The average Bonchev–Trinajstić information content (AvgIpc) is 3.30. The van der Waals surface area contributed by atoms with Crippen molar-refractivity contribution in [2.75, 3.05) is 13.7 Å². The van der Waals surface area contributed by atoms with Gasteiger partial charge in [-0.2, -0.15) is 0 Å². The molecule has 1 aromatic rings. The summed E-state index contributed by atoms with van der Waals surface area (Å²) in [6.45, 7) is 13.1. The van der Waals surface area contributed by atoms with Crippen LogP contribution in [0.15, 0.2) is 35.9 Å². The molecule has 0 spiro atoms. The quantitative estimate of drug-likeness (QED) is 0.289.